The van der Waals surface area contributed by atoms with E-state index in [9.17, 15) is 0 Å². The zero-order chi connectivity index (χ0) is 10.1. The Bertz CT molecular complexity index is 466. The van der Waals surface area contributed by atoms with Crippen molar-refractivity contribution in [1.29, 1.82) is 0 Å². The summed E-state index contributed by atoms with van der Waals surface area (Å²) in [7, 11) is 0. The average Bonchev–Trinajstić information content (AvgIpc) is 2.18. The van der Waals surface area contributed by atoms with Gasteiger partial charge in [-0.25, -0.2) is 4.98 Å². The summed E-state index contributed by atoms with van der Waals surface area (Å²) in [5.41, 5.74) is 2.29. The van der Waals surface area contributed by atoms with Gasteiger partial charge in [-0.2, -0.15) is 0 Å². The SMILES string of the molecule is CC(C)c1cnc(I)c2ncccc12. The van der Waals surface area contributed by atoms with Crippen molar-refractivity contribution in [2.45, 2.75) is 19.8 Å². The van der Waals surface area contributed by atoms with E-state index in [2.05, 4.69) is 52.5 Å². The highest BCUT2D eigenvalue weighted by Crippen LogP contribution is 2.25. The molecule has 0 N–H and O–H groups in total. The Morgan fingerprint density at radius 1 is 1.29 bits per heavy atom. The number of nitrogens with zero attached hydrogens (tertiary/aromatic N) is 2. The van der Waals surface area contributed by atoms with E-state index >= 15 is 0 Å². The predicted molar refractivity (Wildman–Crippen MR) is 66.3 cm³/mol. The number of hydrogen-bond donors (Lipinski definition) is 0. The van der Waals surface area contributed by atoms with Gasteiger partial charge in [-0.1, -0.05) is 19.9 Å². The van der Waals surface area contributed by atoms with Crippen molar-refractivity contribution in [3.8, 4) is 0 Å². The van der Waals surface area contributed by atoms with Gasteiger partial charge in [0.25, 0.3) is 0 Å². The first-order valence-corrected chi connectivity index (χ1v) is 5.67. The second-order valence-electron chi connectivity index (χ2n) is 3.56. The monoisotopic (exact) mass is 298 g/mol. The molecule has 0 spiro atoms. The fourth-order valence-electron chi connectivity index (χ4n) is 1.52. The summed E-state index contributed by atoms with van der Waals surface area (Å²) >= 11 is 2.22. The van der Waals surface area contributed by atoms with Gasteiger partial charge < -0.3 is 0 Å². The molecule has 0 atom stereocenters. The van der Waals surface area contributed by atoms with E-state index in [1.54, 1.807) is 0 Å². The van der Waals surface area contributed by atoms with Crippen LogP contribution in [0.25, 0.3) is 10.9 Å². The fourth-order valence-corrected chi connectivity index (χ4v) is 2.09. The number of pyridine rings is 2. The summed E-state index contributed by atoms with van der Waals surface area (Å²) in [4.78, 5) is 8.71. The highest BCUT2D eigenvalue weighted by molar-refractivity contribution is 14.1. The number of halogens is 1. The smallest absolute Gasteiger partial charge is 0.127 e. The van der Waals surface area contributed by atoms with Crippen LogP contribution >= 0.6 is 22.6 Å². The second kappa shape index (κ2) is 3.81. The Hall–Kier alpha value is -0.710. The van der Waals surface area contributed by atoms with Gasteiger partial charge in [0.15, 0.2) is 0 Å². The summed E-state index contributed by atoms with van der Waals surface area (Å²) in [5.74, 6) is 0.492. The molecule has 2 heterocycles. The van der Waals surface area contributed by atoms with Gasteiger partial charge in [0, 0.05) is 17.8 Å². The third-order valence-corrected chi connectivity index (χ3v) is 3.04. The molecule has 2 nitrogen and oxygen atoms in total. The molecule has 2 aromatic heterocycles. The van der Waals surface area contributed by atoms with Crippen LogP contribution < -0.4 is 0 Å². The predicted octanol–water partition coefficient (Wildman–Crippen LogP) is 3.36. The van der Waals surface area contributed by atoms with Crippen LogP contribution in [0.4, 0.5) is 0 Å². The number of aromatic nitrogens is 2. The summed E-state index contributed by atoms with van der Waals surface area (Å²) in [6, 6.07) is 4.09. The molecule has 0 aliphatic rings. The van der Waals surface area contributed by atoms with Crippen LogP contribution in [0.3, 0.4) is 0 Å². The first-order valence-electron chi connectivity index (χ1n) is 4.59. The molecule has 0 bridgehead atoms. The molecule has 3 heteroatoms. The van der Waals surface area contributed by atoms with Gasteiger partial charge in [0.1, 0.15) is 9.22 Å². The maximum absolute atomic E-state index is 4.35. The molecule has 14 heavy (non-hydrogen) atoms. The van der Waals surface area contributed by atoms with E-state index in [4.69, 9.17) is 0 Å². The van der Waals surface area contributed by atoms with Crippen molar-refractivity contribution in [3.05, 3.63) is 33.8 Å². The number of hydrogen-bond acceptors (Lipinski definition) is 2. The molecule has 0 fully saturated rings. The van der Waals surface area contributed by atoms with E-state index in [1.807, 2.05) is 18.5 Å². The Kier molecular flexibility index (Phi) is 2.67. The molecule has 0 aromatic carbocycles. The van der Waals surface area contributed by atoms with Crippen LogP contribution in [0.1, 0.15) is 25.3 Å². The summed E-state index contributed by atoms with van der Waals surface area (Å²) in [6.45, 7) is 4.35. The minimum atomic E-state index is 0.492. The lowest BCUT2D eigenvalue weighted by Crippen LogP contribution is -1.95. The van der Waals surface area contributed by atoms with Crippen molar-refractivity contribution in [3.63, 3.8) is 0 Å². The van der Waals surface area contributed by atoms with E-state index in [-0.39, 0.29) is 0 Å². The first-order chi connectivity index (χ1) is 6.70. The molecule has 0 unspecified atom stereocenters. The van der Waals surface area contributed by atoms with Crippen LogP contribution in [0.15, 0.2) is 24.5 Å². The maximum Gasteiger partial charge on any atom is 0.127 e. The largest absolute Gasteiger partial charge is 0.253 e. The molecule has 0 amide bonds. The van der Waals surface area contributed by atoms with Crippen LogP contribution in [0, 0.1) is 3.70 Å². The zero-order valence-corrected chi connectivity index (χ0v) is 10.3. The minimum Gasteiger partial charge on any atom is -0.253 e. The minimum absolute atomic E-state index is 0.492. The van der Waals surface area contributed by atoms with Crippen molar-refractivity contribution in [2.24, 2.45) is 0 Å². The van der Waals surface area contributed by atoms with Crippen LogP contribution in [0.2, 0.25) is 0 Å². The van der Waals surface area contributed by atoms with Crippen molar-refractivity contribution in [2.75, 3.05) is 0 Å². The summed E-state index contributed by atoms with van der Waals surface area (Å²) < 4.78 is 0.975. The third-order valence-electron chi connectivity index (χ3n) is 2.25. The van der Waals surface area contributed by atoms with E-state index < -0.39 is 0 Å². The lowest BCUT2D eigenvalue weighted by atomic mass is 10.0. The molecule has 0 aliphatic carbocycles. The highest BCUT2D eigenvalue weighted by Gasteiger charge is 2.08. The van der Waals surface area contributed by atoms with Gasteiger partial charge >= 0.3 is 0 Å². The van der Waals surface area contributed by atoms with Crippen molar-refractivity contribution in [1.82, 2.24) is 9.97 Å². The summed E-state index contributed by atoms with van der Waals surface area (Å²) in [6.07, 6.45) is 3.77. The van der Waals surface area contributed by atoms with Crippen molar-refractivity contribution >= 4 is 33.5 Å². The molecule has 0 aliphatic heterocycles. The molecule has 2 rings (SSSR count). The molecular weight excluding hydrogens is 287 g/mol. The van der Waals surface area contributed by atoms with E-state index in [0.717, 1.165) is 9.22 Å². The lowest BCUT2D eigenvalue weighted by Gasteiger charge is -2.09. The standard InChI is InChI=1S/C11H11IN2/c1-7(2)9-6-14-11(12)10-8(9)4-3-5-13-10/h3-7H,1-2H3. The Morgan fingerprint density at radius 2 is 2.07 bits per heavy atom. The molecule has 72 valence electrons. The molecule has 0 radical (unpaired) electrons. The van der Waals surface area contributed by atoms with E-state index in [1.165, 1.54) is 10.9 Å². The van der Waals surface area contributed by atoms with Gasteiger partial charge in [0.05, 0.1) is 0 Å². The number of fused-ring (bicyclic) bond motifs is 1. The lowest BCUT2D eigenvalue weighted by molar-refractivity contribution is 0.867. The first kappa shape index (κ1) is 9.83. The molecule has 0 saturated carbocycles. The van der Waals surface area contributed by atoms with E-state index in [0.29, 0.717) is 5.92 Å². The quantitative estimate of drug-likeness (QED) is 0.596. The third kappa shape index (κ3) is 1.61. The molecular formula is C11H11IN2. The summed E-state index contributed by atoms with van der Waals surface area (Å²) in [5, 5.41) is 1.22. The maximum atomic E-state index is 4.35. The Morgan fingerprint density at radius 3 is 2.79 bits per heavy atom. The second-order valence-corrected chi connectivity index (χ2v) is 4.58. The zero-order valence-electron chi connectivity index (χ0n) is 8.16. The topological polar surface area (TPSA) is 25.8 Å². The Labute approximate surface area is 96.9 Å². The molecule has 0 saturated heterocycles. The van der Waals surface area contributed by atoms with Gasteiger partial charge in [0.2, 0.25) is 0 Å². The van der Waals surface area contributed by atoms with Crippen molar-refractivity contribution < 1.29 is 0 Å². The van der Waals surface area contributed by atoms with Gasteiger partial charge in [-0.3, -0.25) is 4.98 Å². The number of rotatable bonds is 1. The van der Waals surface area contributed by atoms with Gasteiger partial charge in [-0.15, -0.1) is 0 Å². The Balaban J connectivity index is 2.82. The normalized spacial score (nSPS) is 11.1. The van der Waals surface area contributed by atoms with Crippen LogP contribution in [-0.4, -0.2) is 9.97 Å². The molecule has 2 aromatic rings. The van der Waals surface area contributed by atoms with Crippen LogP contribution in [-0.2, 0) is 0 Å². The van der Waals surface area contributed by atoms with Crippen LogP contribution in [0.5, 0.6) is 0 Å². The fraction of sp³-hybridized carbons (Fsp3) is 0.273. The average molecular weight is 298 g/mol. The highest BCUT2D eigenvalue weighted by atomic mass is 127. The van der Waals surface area contributed by atoms with Gasteiger partial charge in [-0.05, 0) is 40.1 Å².